The smallest absolute Gasteiger partial charge is 0.253 e. The lowest BCUT2D eigenvalue weighted by atomic mass is 10.2. The Kier molecular flexibility index (Phi) is 10.0. The van der Waals surface area contributed by atoms with E-state index in [1.54, 1.807) is 0 Å². The summed E-state index contributed by atoms with van der Waals surface area (Å²) < 4.78 is 5.56. The Morgan fingerprint density at radius 3 is 2.32 bits per heavy atom. The number of ether oxygens (including phenoxy) is 1. The molecule has 2 amide bonds. The average Bonchev–Trinajstić information content (AvgIpc) is 3.03. The van der Waals surface area contributed by atoms with Crippen LogP contribution in [0.15, 0.2) is 0 Å². The van der Waals surface area contributed by atoms with Crippen LogP contribution in [0.4, 0.5) is 0 Å². The van der Waals surface area contributed by atoms with E-state index in [-0.39, 0.29) is 42.7 Å². The molecule has 3 rings (SSSR count). The van der Waals surface area contributed by atoms with Gasteiger partial charge in [0.25, 0.3) is 5.91 Å². The monoisotopic (exact) mass is 396 g/mol. The average molecular weight is 397 g/mol. The van der Waals surface area contributed by atoms with Crippen molar-refractivity contribution >= 4 is 36.6 Å². The maximum Gasteiger partial charge on any atom is 0.253 e. The zero-order chi connectivity index (χ0) is 16.1. The first kappa shape index (κ1) is 22.4. The van der Waals surface area contributed by atoms with Crippen molar-refractivity contribution in [1.82, 2.24) is 20.0 Å². The molecule has 3 heterocycles. The summed E-state index contributed by atoms with van der Waals surface area (Å²) in [6.07, 6.45) is 2.83. The van der Waals surface area contributed by atoms with Gasteiger partial charge in [0.1, 0.15) is 6.10 Å². The van der Waals surface area contributed by atoms with E-state index in [0.717, 1.165) is 58.5 Å². The number of carbonyl (C=O) groups is 2. The number of morpholine rings is 1. The van der Waals surface area contributed by atoms with Gasteiger partial charge in [-0.05, 0) is 19.3 Å². The molecule has 0 radical (unpaired) electrons. The van der Waals surface area contributed by atoms with E-state index in [1.165, 1.54) is 0 Å². The number of carbonyl (C=O) groups excluding carboxylic acids is 2. The van der Waals surface area contributed by atoms with E-state index < -0.39 is 0 Å². The molecule has 0 aliphatic carbocycles. The number of rotatable bonds is 3. The highest BCUT2D eigenvalue weighted by Crippen LogP contribution is 2.11. The quantitative estimate of drug-likeness (QED) is 0.725. The maximum absolute atomic E-state index is 12.5. The third kappa shape index (κ3) is 6.25. The molecule has 9 heteroatoms. The van der Waals surface area contributed by atoms with Crippen molar-refractivity contribution in [3.05, 3.63) is 0 Å². The zero-order valence-electron chi connectivity index (χ0n) is 14.7. The summed E-state index contributed by atoms with van der Waals surface area (Å²) in [6, 6.07) is 0. The van der Waals surface area contributed by atoms with Gasteiger partial charge in [-0.1, -0.05) is 0 Å². The number of nitrogens with one attached hydrogen (secondary N) is 1. The van der Waals surface area contributed by atoms with Crippen LogP contribution in [0.25, 0.3) is 0 Å². The summed E-state index contributed by atoms with van der Waals surface area (Å²) in [5.41, 5.74) is 0. The largest absolute Gasteiger partial charge is 0.366 e. The summed E-state index contributed by atoms with van der Waals surface area (Å²) in [7, 11) is 0. The van der Waals surface area contributed by atoms with Crippen LogP contribution >= 0.6 is 24.8 Å². The van der Waals surface area contributed by atoms with Crippen molar-refractivity contribution in [3.63, 3.8) is 0 Å². The van der Waals surface area contributed by atoms with Crippen LogP contribution in [0.1, 0.15) is 19.3 Å². The second-order valence-electron chi connectivity index (χ2n) is 6.61. The Morgan fingerprint density at radius 1 is 0.920 bits per heavy atom. The van der Waals surface area contributed by atoms with Gasteiger partial charge in [-0.15, -0.1) is 24.8 Å². The van der Waals surface area contributed by atoms with Crippen molar-refractivity contribution in [2.45, 2.75) is 25.4 Å². The zero-order valence-corrected chi connectivity index (χ0v) is 16.3. The van der Waals surface area contributed by atoms with Crippen molar-refractivity contribution in [2.75, 3.05) is 65.5 Å². The van der Waals surface area contributed by atoms with E-state index >= 15 is 0 Å². The fourth-order valence-electron chi connectivity index (χ4n) is 3.53. The Hall–Kier alpha value is -0.600. The second kappa shape index (κ2) is 11.2. The van der Waals surface area contributed by atoms with Crippen LogP contribution in [0.2, 0.25) is 0 Å². The fourth-order valence-corrected chi connectivity index (χ4v) is 3.53. The standard InChI is InChI=1S/C16H28N4O3.2ClH/c21-15(19-6-1-2-7-19)13-18-5-3-8-20(10-9-18)16(22)14-12-17-4-11-23-14;;/h14,17H,1-13H2;2*1H. The minimum atomic E-state index is -0.346. The third-order valence-electron chi connectivity index (χ3n) is 4.92. The van der Waals surface area contributed by atoms with Gasteiger partial charge in [0.15, 0.2) is 0 Å². The molecule has 3 aliphatic rings. The van der Waals surface area contributed by atoms with Crippen molar-refractivity contribution < 1.29 is 14.3 Å². The molecule has 3 saturated heterocycles. The predicted molar refractivity (Wildman–Crippen MR) is 101 cm³/mol. The number of hydrogen-bond donors (Lipinski definition) is 1. The number of amides is 2. The Labute approximate surface area is 162 Å². The molecule has 3 aliphatic heterocycles. The van der Waals surface area contributed by atoms with Gasteiger partial charge >= 0.3 is 0 Å². The predicted octanol–water partition coefficient (Wildman–Crippen LogP) is -0.0249. The van der Waals surface area contributed by atoms with Crippen LogP contribution in [-0.4, -0.2) is 98.1 Å². The Balaban J connectivity index is 0.00000156. The molecule has 3 fully saturated rings. The molecular weight excluding hydrogens is 367 g/mol. The molecule has 0 aromatic rings. The number of hydrogen-bond acceptors (Lipinski definition) is 5. The highest BCUT2D eigenvalue weighted by atomic mass is 35.5. The van der Waals surface area contributed by atoms with Gasteiger partial charge in [-0.25, -0.2) is 0 Å². The molecule has 1 unspecified atom stereocenters. The topological polar surface area (TPSA) is 65.1 Å². The van der Waals surface area contributed by atoms with Crippen molar-refractivity contribution in [2.24, 2.45) is 0 Å². The van der Waals surface area contributed by atoms with Gasteiger partial charge in [-0.3, -0.25) is 14.5 Å². The minimum absolute atomic E-state index is 0. The van der Waals surface area contributed by atoms with Gasteiger partial charge in [0.2, 0.25) is 5.91 Å². The number of nitrogens with zero attached hydrogens (tertiary/aromatic N) is 3. The summed E-state index contributed by atoms with van der Waals surface area (Å²) in [5.74, 6) is 0.326. The fraction of sp³-hybridized carbons (Fsp3) is 0.875. The minimum Gasteiger partial charge on any atom is -0.366 e. The van der Waals surface area contributed by atoms with Crippen LogP contribution in [0, 0.1) is 0 Å². The first-order valence-corrected chi connectivity index (χ1v) is 8.85. The maximum atomic E-state index is 12.5. The van der Waals surface area contributed by atoms with E-state index in [1.807, 2.05) is 9.80 Å². The van der Waals surface area contributed by atoms with Crippen LogP contribution in [0.3, 0.4) is 0 Å². The molecule has 0 aromatic carbocycles. The summed E-state index contributed by atoms with van der Waals surface area (Å²) in [5, 5.41) is 3.20. The molecule has 146 valence electrons. The van der Waals surface area contributed by atoms with Crippen LogP contribution < -0.4 is 5.32 Å². The lowest BCUT2D eigenvalue weighted by molar-refractivity contribution is -0.145. The Morgan fingerprint density at radius 2 is 1.64 bits per heavy atom. The van der Waals surface area contributed by atoms with Crippen LogP contribution in [-0.2, 0) is 14.3 Å². The highest BCUT2D eigenvalue weighted by Gasteiger charge is 2.29. The van der Waals surface area contributed by atoms with E-state index in [0.29, 0.717) is 26.2 Å². The van der Waals surface area contributed by atoms with Crippen molar-refractivity contribution in [3.8, 4) is 0 Å². The van der Waals surface area contributed by atoms with Gasteiger partial charge in [-0.2, -0.15) is 0 Å². The molecule has 0 spiro atoms. The second-order valence-corrected chi connectivity index (χ2v) is 6.61. The molecule has 0 saturated carbocycles. The summed E-state index contributed by atoms with van der Waals surface area (Å²) in [6.45, 7) is 7.41. The van der Waals surface area contributed by atoms with Gasteiger partial charge < -0.3 is 19.9 Å². The lowest BCUT2D eigenvalue weighted by Crippen LogP contribution is -2.50. The summed E-state index contributed by atoms with van der Waals surface area (Å²) >= 11 is 0. The van der Waals surface area contributed by atoms with Gasteiger partial charge in [0.05, 0.1) is 13.2 Å². The molecule has 25 heavy (non-hydrogen) atoms. The lowest BCUT2D eigenvalue weighted by Gasteiger charge is -2.29. The molecule has 7 nitrogen and oxygen atoms in total. The molecule has 0 aromatic heterocycles. The Bertz CT molecular complexity index is 430. The normalized spacial score (nSPS) is 24.9. The molecule has 1 N–H and O–H groups in total. The van der Waals surface area contributed by atoms with Gasteiger partial charge in [0, 0.05) is 52.4 Å². The molecular formula is C16H30Cl2N4O3. The molecule has 0 bridgehead atoms. The first-order valence-electron chi connectivity index (χ1n) is 8.85. The van der Waals surface area contributed by atoms with E-state index in [2.05, 4.69) is 10.2 Å². The highest BCUT2D eigenvalue weighted by molar-refractivity contribution is 5.85. The summed E-state index contributed by atoms with van der Waals surface area (Å²) in [4.78, 5) is 30.8. The molecule has 1 atom stereocenters. The SMILES string of the molecule is Cl.Cl.O=C(CN1CCCN(C(=O)C2CNCCO2)CC1)N1CCCC1. The van der Waals surface area contributed by atoms with Crippen LogP contribution in [0.5, 0.6) is 0 Å². The van der Waals surface area contributed by atoms with E-state index in [4.69, 9.17) is 4.74 Å². The number of halogens is 2. The third-order valence-corrected chi connectivity index (χ3v) is 4.92. The first-order chi connectivity index (χ1) is 11.2. The van der Waals surface area contributed by atoms with E-state index in [9.17, 15) is 9.59 Å². The van der Waals surface area contributed by atoms with Crippen molar-refractivity contribution in [1.29, 1.82) is 0 Å². The number of likely N-dealkylation sites (tertiary alicyclic amines) is 1.